The van der Waals surface area contributed by atoms with Gasteiger partial charge in [0.1, 0.15) is 11.6 Å². The number of rotatable bonds is 4. The van der Waals surface area contributed by atoms with E-state index in [9.17, 15) is 27.2 Å². The van der Waals surface area contributed by atoms with Gasteiger partial charge < -0.3 is 4.74 Å². The van der Waals surface area contributed by atoms with Gasteiger partial charge in [-0.2, -0.15) is 13.2 Å². The third-order valence-electron chi connectivity index (χ3n) is 3.55. The van der Waals surface area contributed by atoms with Crippen molar-refractivity contribution < 1.29 is 31.9 Å². The summed E-state index contributed by atoms with van der Waals surface area (Å²) in [4.78, 5) is 23.6. The molecule has 0 saturated carbocycles. The predicted molar refractivity (Wildman–Crippen MR) is 88.4 cm³/mol. The molecule has 0 aliphatic carbocycles. The Morgan fingerprint density at radius 2 is 1.74 bits per heavy atom. The van der Waals surface area contributed by atoms with Crippen molar-refractivity contribution in [3.05, 3.63) is 64.5 Å². The average molecular weight is 384 g/mol. The van der Waals surface area contributed by atoms with Crippen molar-refractivity contribution in [2.24, 2.45) is 0 Å². The molecule has 0 radical (unpaired) electrons. The van der Waals surface area contributed by atoms with Gasteiger partial charge in [-0.1, -0.05) is 12.1 Å². The Morgan fingerprint density at radius 3 is 2.41 bits per heavy atom. The second-order valence-corrected chi connectivity index (χ2v) is 5.75. The molecule has 0 aliphatic heterocycles. The van der Waals surface area contributed by atoms with Crippen LogP contribution in [0.25, 0.3) is 0 Å². The van der Waals surface area contributed by atoms with Crippen molar-refractivity contribution in [3.8, 4) is 5.75 Å². The number of amides is 2. The normalized spacial score (nSPS) is 11.0. The monoisotopic (exact) mass is 384 g/mol. The predicted octanol–water partition coefficient (Wildman–Crippen LogP) is 3.30. The summed E-state index contributed by atoms with van der Waals surface area (Å²) < 4.78 is 56.6. The van der Waals surface area contributed by atoms with Gasteiger partial charge in [-0.3, -0.25) is 20.4 Å². The molecule has 2 amide bonds. The van der Waals surface area contributed by atoms with Crippen LogP contribution in [0.4, 0.5) is 17.6 Å². The number of hydrazine groups is 1. The first-order valence-corrected chi connectivity index (χ1v) is 7.74. The zero-order valence-electron chi connectivity index (χ0n) is 14.4. The van der Waals surface area contributed by atoms with Crippen LogP contribution in [0.3, 0.4) is 0 Å². The maximum absolute atomic E-state index is 13.2. The SMILES string of the molecule is Cc1ccc(C)c(OCC(=O)NNC(=O)c2ccc(F)c(C(F)(F)F)c2)c1. The summed E-state index contributed by atoms with van der Waals surface area (Å²) in [5.74, 6) is -2.75. The molecule has 9 heteroatoms. The Hall–Kier alpha value is -3.10. The summed E-state index contributed by atoms with van der Waals surface area (Å²) in [6.45, 7) is 3.23. The molecule has 2 rings (SSSR count). The molecule has 27 heavy (non-hydrogen) atoms. The van der Waals surface area contributed by atoms with Crippen LogP contribution in [0.15, 0.2) is 36.4 Å². The van der Waals surface area contributed by atoms with Crippen molar-refractivity contribution in [1.29, 1.82) is 0 Å². The molecule has 0 aromatic heterocycles. The lowest BCUT2D eigenvalue weighted by Crippen LogP contribution is -2.43. The molecule has 0 aliphatic rings. The van der Waals surface area contributed by atoms with E-state index in [0.29, 0.717) is 17.9 Å². The number of aryl methyl sites for hydroxylation is 2. The Morgan fingerprint density at radius 1 is 1.04 bits per heavy atom. The van der Waals surface area contributed by atoms with Gasteiger partial charge in [-0.05, 0) is 49.2 Å². The van der Waals surface area contributed by atoms with E-state index in [0.717, 1.165) is 17.2 Å². The fourth-order valence-corrected chi connectivity index (χ4v) is 2.12. The summed E-state index contributed by atoms with van der Waals surface area (Å²) in [5.41, 5.74) is 3.68. The minimum absolute atomic E-state index is 0.365. The second kappa shape index (κ2) is 8.07. The molecule has 2 N–H and O–H groups in total. The lowest BCUT2D eigenvalue weighted by atomic mass is 10.1. The first kappa shape index (κ1) is 20.2. The van der Waals surface area contributed by atoms with Crippen LogP contribution in [-0.4, -0.2) is 18.4 Å². The third-order valence-corrected chi connectivity index (χ3v) is 3.55. The molecule has 0 heterocycles. The highest BCUT2D eigenvalue weighted by Crippen LogP contribution is 2.31. The summed E-state index contributed by atoms with van der Waals surface area (Å²) in [7, 11) is 0. The highest BCUT2D eigenvalue weighted by molar-refractivity contribution is 5.95. The molecule has 0 fully saturated rings. The molecule has 0 saturated heterocycles. The zero-order chi connectivity index (χ0) is 20.2. The fraction of sp³-hybridized carbons (Fsp3) is 0.222. The molecular formula is C18H16F4N2O3. The van der Waals surface area contributed by atoms with E-state index in [1.54, 1.807) is 13.0 Å². The Kier molecular flexibility index (Phi) is 6.04. The van der Waals surface area contributed by atoms with Gasteiger partial charge in [-0.15, -0.1) is 0 Å². The van der Waals surface area contributed by atoms with Crippen molar-refractivity contribution in [1.82, 2.24) is 10.9 Å². The van der Waals surface area contributed by atoms with Crippen molar-refractivity contribution in [2.45, 2.75) is 20.0 Å². The van der Waals surface area contributed by atoms with Crippen molar-refractivity contribution in [2.75, 3.05) is 6.61 Å². The van der Waals surface area contributed by atoms with Crippen LogP contribution >= 0.6 is 0 Å². The van der Waals surface area contributed by atoms with Crippen molar-refractivity contribution >= 4 is 11.8 Å². The fourth-order valence-electron chi connectivity index (χ4n) is 2.12. The standard InChI is InChI=1S/C18H16F4N2O3/c1-10-3-4-11(2)15(7-10)27-9-16(25)23-24-17(26)12-5-6-14(19)13(8-12)18(20,21)22/h3-8H,9H2,1-2H3,(H,23,25)(H,24,26). The summed E-state index contributed by atoms with van der Waals surface area (Å²) in [6.07, 6.45) is -4.94. The van der Waals surface area contributed by atoms with Crippen LogP contribution in [0.1, 0.15) is 27.0 Å². The number of hydrogen-bond acceptors (Lipinski definition) is 3. The van der Waals surface area contributed by atoms with Gasteiger partial charge >= 0.3 is 6.18 Å². The number of hydrogen-bond donors (Lipinski definition) is 2. The van der Waals surface area contributed by atoms with E-state index in [2.05, 4.69) is 0 Å². The lowest BCUT2D eigenvalue weighted by Gasteiger charge is -2.12. The van der Waals surface area contributed by atoms with Crippen LogP contribution < -0.4 is 15.6 Å². The number of halogens is 4. The Bertz CT molecular complexity index is 866. The Labute approximate surface area is 152 Å². The summed E-state index contributed by atoms with van der Waals surface area (Å²) in [5, 5.41) is 0. The molecule has 0 unspecified atom stereocenters. The Balaban J connectivity index is 1.93. The lowest BCUT2D eigenvalue weighted by molar-refractivity contribution is -0.140. The van der Waals surface area contributed by atoms with Crippen LogP contribution in [0, 0.1) is 19.7 Å². The summed E-state index contributed by atoms with van der Waals surface area (Å²) in [6, 6.07) is 7.20. The van der Waals surface area contributed by atoms with E-state index in [4.69, 9.17) is 4.74 Å². The zero-order valence-corrected chi connectivity index (χ0v) is 14.4. The van der Waals surface area contributed by atoms with Gasteiger partial charge in [0.05, 0.1) is 5.56 Å². The van der Waals surface area contributed by atoms with E-state index in [-0.39, 0.29) is 0 Å². The molecule has 0 spiro atoms. The van der Waals surface area contributed by atoms with Crippen molar-refractivity contribution in [3.63, 3.8) is 0 Å². The number of carbonyl (C=O) groups excluding carboxylic acids is 2. The molecule has 0 bridgehead atoms. The topological polar surface area (TPSA) is 67.4 Å². The molecule has 144 valence electrons. The van der Waals surface area contributed by atoms with Gasteiger partial charge in [0.25, 0.3) is 11.8 Å². The van der Waals surface area contributed by atoms with Gasteiger partial charge in [0.15, 0.2) is 6.61 Å². The number of alkyl halides is 3. The van der Waals surface area contributed by atoms with Crippen LogP contribution in [-0.2, 0) is 11.0 Å². The average Bonchev–Trinajstić information content (AvgIpc) is 2.59. The third kappa shape index (κ3) is 5.44. The van der Waals surface area contributed by atoms with E-state index >= 15 is 0 Å². The van der Waals surface area contributed by atoms with Crippen LogP contribution in [0.5, 0.6) is 5.75 Å². The molecular weight excluding hydrogens is 368 g/mol. The summed E-state index contributed by atoms with van der Waals surface area (Å²) >= 11 is 0. The smallest absolute Gasteiger partial charge is 0.419 e. The molecule has 0 atom stereocenters. The second-order valence-electron chi connectivity index (χ2n) is 5.75. The molecule has 5 nitrogen and oxygen atoms in total. The molecule has 2 aromatic carbocycles. The van der Waals surface area contributed by atoms with Gasteiger partial charge in [0, 0.05) is 5.56 Å². The largest absolute Gasteiger partial charge is 0.483 e. The van der Waals surface area contributed by atoms with Gasteiger partial charge in [-0.25, -0.2) is 4.39 Å². The van der Waals surface area contributed by atoms with Crippen LogP contribution in [0.2, 0.25) is 0 Å². The number of ether oxygens (including phenoxy) is 1. The number of carbonyl (C=O) groups is 2. The molecule has 2 aromatic rings. The highest BCUT2D eigenvalue weighted by Gasteiger charge is 2.34. The van der Waals surface area contributed by atoms with E-state index < -0.39 is 41.5 Å². The first-order chi connectivity index (χ1) is 12.6. The number of benzene rings is 2. The maximum Gasteiger partial charge on any atom is 0.419 e. The van der Waals surface area contributed by atoms with E-state index in [1.807, 2.05) is 29.9 Å². The number of nitrogens with one attached hydrogen (secondary N) is 2. The van der Waals surface area contributed by atoms with E-state index in [1.165, 1.54) is 0 Å². The maximum atomic E-state index is 13.2. The minimum atomic E-state index is -4.94. The minimum Gasteiger partial charge on any atom is -0.483 e. The highest BCUT2D eigenvalue weighted by atomic mass is 19.4. The quantitative estimate of drug-likeness (QED) is 0.628. The van der Waals surface area contributed by atoms with Gasteiger partial charge in [0.2, 0.25) is 0 Å². The first-order valence-electron chi connectivity index (χ1n) is 7.74.